The zero-order valence-corrected chi connectivity index (χ0v) is 16.6. The first-order chi connectivity index (χ1) is 13.5. The van der Waals surface area contributed by atoms with E-state index in [4.69, 9.17) is 9.47 Å². The molecular weight excluding hydrogens is 350 g/mol. The predicted molar refractivity (Wildman–Crippen MR) is 113 cm³/mol. The fourth-order valence-electron chi connectivity index (χ4n) is 4.79. The lowest BCUT2D eigenvalue weighted by molar-refractivity contribution is 0.122. The van der Waals surface area contributed by atoms with Crippen LogP contribution < -0.4 is 9.64 Å². The number of phenols is 1. The van der Waals surface area contributed by atoms with Crippen LogP contribution in [0.2, 0.25) is 0 Å². The predicted octanol–water partition coefficient (Wildman–Crippen LogP) is 4.70. The van der Waals surface area contributed by atoms with Gasteiger partial charge < -0.3 is 19.5 Å². The molecular formula is C24H25NO3. The van der Waals surface area contributed by atoms with Crippen molar-refractivity contribution in [2.45, 2.75) is 19.3 Å². The Labute approximate surface area is 165 Å². The molecule has 0 bridgehead atoms. The number of hydrogen-bond donors (Lipinski definition) is 1. The molecule has 1 saturated heterocycles. The number of ether oxygens (including phenoxy) is 2. The maximum Gasteiger partial charge on any atom is 0.142 e. The Morgan fingerprint density at radius 2 is 1.71 bits per heavy atom. The molecule has 1 aliphatic heterocycles. The summed E-state index contributed by atoms with van der Waals surface area (Å²) >= 11 is 0. The van der Waals surface area contributed by atoms with E-state index < -0.39 is 0 Å². The molecule has 4 heteroatoms. The second-order valence-corrected chi connectivity index (χ2v) is 8.16. The van der Waals surface area contributed by atoms with Crippen molar-refractivity contribution < 1.29 is 14.6 Å². The molecule has 2 aliphatic rings. The van der Waals surface area contributed by atoms with Crippen molar-refractivity contribution in [3.63, 3.8) is 0 Å². The first-order valence-corrected chi connectivity index (χ1v) is 9.83. The lowest BCUT2D eigenvalue weighted by atomic mass is 9.81. The molecule has 0 unspecified atom stereocenters. The smallest absolute Gasteiger partial charge is 0.142 e. The van der Waals surface area contributed by atoms with Gasteiger partial charge in [-0.2, -0.15) is 0 Å². The Morgan fingerprint density at radius 3 is 2.43 bits per heavy atom. The first-order valence-electron chi connectivity index (χ1n) is 9.83. The van der Waals surface area contributed by atoms with Crippen molar-refractivity contribution in [3.8, 4) is 22.6 Å². The Bertz CT molecular complexity index is 1080. The summed E-state index contributed by atoms with van der Waals surface area (Å²) in [4.78, 5) is 2.34. The second kappa shape index (κ2) is 6.14. The zero-order chi connectivity index (χ0) is 19.5. The first kappa shape index (κ1) is 17.4. The van der Waals surface area contributed by atoms with Crippen LogP contribution in [0.1, 0.15) is 25.0 Å². The van der Waals surface area contributed by atoms with Gasteiger partial charge in [0.15, 0.2) is 0 Å². The standard InChI is InChI=1S/C24H25NO3/c1-24(2)18-13-20(25-8-10-28-11-9-25)22(27-3)12-17(18)23-16-7-5-4-6-15(16)21(26)14-19(23)24/h4-7,12-14,26H,8-11H2,1-3H3. The average Bonchev–Trinajstić information content (AvgIpc) is 2.94. The van der Waals surface area contributed by atoms with Crippen LogP contribution in [-0.4, -0.2) is 38.5 Å². The van der Waals surface area contributed by atoms with Crippen molar-refractivity contribution in [1.82, 2.24) is 0 Å². The van der Waals surface area contributed by atoms with Gasteiger partial charge in [-0.15, -0.1) is 0 Å². The molecule has 5 rings (SSSR count). The molecule has 0 spiro atoms. The van der Waals surface area contributed by atoms with E-state index in [-0.39, 0.29) is 5.41 Å². The van der Waals surface area contributed by atoms with Gasteiger partial charge in [0.2, 0.25) is 0 Å². The highest BCUT2D eigenvalue weighted by atomic mass is 16.5. The summed E-state index contributed by atoms with van der Waals surface area (Å²) in [6.07, 6.45) is 0. The normalized spacial score (nSPS) is 17.5. The van der Waals surface area contributed by atoms with E-state index in [9.17, 15) is 5.11 Å². The summed E-state index contributed by atoms with van der Waals surface area (Å²) < 4.78 is 11.3. The number of rotatable bonds is 2. The Balaban J connectivity index is 1.79. The van der Waals surface area contributed by atoms with E-state index in [0.717, 1.165) is 48.5 Å². The van der Waals surface area contributed by atoms with Gasteiger partial charge in [-0.25, -0.2) is 0 Å². The highest BCUT2D eigenvalue weighted by Gasteiger charge is 2.38. The minimum Gasteiger partial charge on any atom is -0.507 e. The highest BCUT2D eigenvalue weighted by Crippen LogP contribution is 2.55. The number of hydrogen-bond acceptors (Lipinski definition) is 4. The largest absolute Gasteiger partial charge is 0.507 e. The van der Waals surface area contributed by atoms with E-state index in [1.807, 2.05) is 24.3 Å². The van der Waals surface area contributed by atoms with Gasteiger partial charge in [-0.05, 0) is 45.8 Å². The van der Waals surface area contributed by atoms with Crippen molar-refractivity contribution >= 4 is 16.5 Å². The summed E-state index contributed by atoms with van der Waals surface area (Å²) in [5.41, 5.74) is 5.78. The quantitative estimate of drug-likeness (QED) is 0.705. The number of morpholine rings is 1. The van der Waals surface area contributed by atoms with Crippen LogP contribution in [-0.2, 0) is 10.2 Å². The van der Waals surface area contributed by atoms with Gasteiger partial charge >= 0.3 is 0 Å². The lowest BCUT2D eigenvalue weighted by Gasteiger charge is -2.31. The molecule has 144 valence electrons. The summed E-state index contributed by atoms with van der Waals surface area (Å²) in [6, 6.07) is 14.5. The third-order valence-electron chi connectivity index (χ3n) is 6.31. The van der Waals surface area contributed by atoms with E-state index >= 15 is 0 Å². The van der Waals surface area contributed by atoms with Crippen LogP contribution >= 0.6 is 0 Å². The van der Waals surface area contributed by atoms with Crippen molar-refractivity contribution in [2.24, 2.45) is 0 Å². The molecule has 4 nitrogen and oxygen atoms in total. The molecule has 0 amide bonds. The Kier molecular flexibility index (Phi) is 3.81. The van der Waals surface area contributed by atoms with Crippen molar-refractivity contribution in [3.05, 3.63) is 53.6 Å². The molecule has 1 fully saturated rings. The van der Waals surface area contributed by atoms with Crippen LogP contribution in [0.15, 0.2) is 42.5 Å². The maximum atomic E-state index is 10.7. The summed E-state index contributed by atoms with van der Waals surface area (Å²) in [7, 11) is 1.74. The fourth-order valence-corrected chi connectivity index (χ4v) is 4.79. The van der Waals surface area contributed by atoms with Gasteiger partial charge in [-0.3, -0.25) is 0 Å². The second-order valence-electron chi connectivity index (χ2n) is 8.16. The van der Waals surface area contributed by atoms with Gasteiger partial charge in [0.05, 0.1) is 26.0 Å². The molecule has 1 heterocycles. The third kappa shape index (κ3) is 2.34. The van der Waals surface area contributed by atoms with Gasteiger partial charge in [0.25, 0.3) is 0 Å². The van der Waals surface area contributed by atoms with Gasteiger partial charge in [0, 0.05) is 23.9 Å². The number of benzene rings is 3. The minimum absolute atomic E-state index is 0.195. The monoisotopic (exact) mass is 375 g/mol. The van der Waals surface area contributed by atoms with Crippen LogP contribution in [0.5, 0.6) is 11.5 Å². The summed E-state index contributed by atoms with van der Waals surface area (Å²) in [6.45, 7) is 7.69. The van der Waals surface area contributed by atoms with Crippen molar-refractivity contribution in [2.75, 3.05) is 38.3 Å². The number of fused-ring (bicyclic) bond motifs is 5. The molecule has 0 aromatic heterocycles. The topological polar surface area (TPSA) is 41.9 Å². The van der Waals surface area contributed by atoms with E-state index in [1.165, 1.54) is 22.3 Å². The summed E-state index contributed by atoms with van der Waals surface area (Å²) in [5.74, 6) is 1.23. The molecule has 0 saturated carbocycles. The number of methoxy groups -OCH3 is 1. The lowest BCUT2D eigenvalue weighted by Crippen LogP contribution is -2.36. The molecule has 1 aliphatic carbocycles. The molecule has 1 N–H and O–H groups in total. The minimum atomic E-state index is -0.195. The van der Waals surface area contributed by atoms with Crippen LogP contribution in [0.3, 0.4) is 0 Å². The van der Waals surface area contributed by atoms with E-state index in [2.05, 4.69) is 36.9 Å². The SMILES string of the molecule is COc1cc2c(cc1N1CCOCC1)C(C)(C)c1cc(O)c3ccccc3c1-2. The van der Waals surface area contributed by atoms with Crippen LogP contribution in [0, 0.1) is 0 Å². The average molecular weight is 375 g/mol. The highest BCUT2D eigenvalue weighted by molar-refractivity contribution is 6.05. The number of phenolic OH excluding ortho intramolecular Hbond substituents is 1. The molecule has 0 radical (unpaired) electrons. The third-order valence-corrected chi connectivity index (χ3v) is 6.31. The van der Waals surface area contributed by atoms with Crippen molar-refractivity contribution in [1.29, 1.82) is 0 Å². The number of aromatic hydroxyl groups is 1. The van der Waals surface area contributed by atoms with E-state index in [0.29, 0.717) is 5.75 Å². The van der Waals surface area contributed by atoms with Gasteiger partial charge in [-0.1, -0.05) is 38.1 Å². The van der Waals surface area contributed by atoms with Gasteiger partial charge in [0.1, 0.15) is 11.5 Å². The summed E-state index contributed by atoms with van der Waals surface area (Å²) in [5, 5.41) is 12.6. The Hall–Kier alpha value is -2.72. The fraction of sp³-hybridized carbons (Fsp3) is 0.333. The molecule has 28 heavy (non-hydrogen) atoms. The molecule has 0 atom stereocenters. The molecule has 3 aromatic carbocycles. The number of anilines is 1. The van der Waals surface area contributed by atoms with Crippen LogP contribution in [0.25, 0.3) is 21.9 Å². The van der Waals surface area contributed by atoms with E-state index in [1.54, 1.807) is 7.11 Å². The Morgan fingerprint density at radius 1 is 1.00 bits per heavy atom. The molecule has 3 aromatic rings. The zero-order valence-electron chi connectivity index (χ0n) is 16.6. The maximum absolute atomic E-state index is 10.7. The van der Waals surface area contributed by atoms with Crippen LogP contribution in [0.4, 0.5) is 5.69 Å². The number of nitrogens with zero attached hydrogens (tertiary/aromatic N) is 1.